The lowest BCUT2D eigenvalue weighted by atomic mass is 9.74. The highest BCUT2D eigenvalue weighted by atomic mass is 16.2. The number of anilines is 1. The molecule has 4 heteroatoms. The molecule has 1 amide bonds. The second-order valence-corrected chi connectivity index (χ2v) is 7.62. The molecular weight excluding hydrogens is 336 g/mol. The van der Waals surface area contributed by atoms with Crippen LogP contribution >= 0.6 is 0 Å². The van der Waals surface area contributed by atoms with Crippen molar-refractivity contribution in [3.63, 3.8) is 0 Å². The number of rotatable bonds is 4. The lowest BCUT2D eigenvalue weighted by Gasteiger charge is -2.44. The summed E-state index contributed by atoms with van der Waals surface area (Å²) in [7, 11) is 0. The van der Waals surface area contributed by atoms with Gasteiger partial charge in [-0.25, -0.2) is 0 Å². The SMILES string of the molecule is Cc1ccc(C2C(CCC#N)C(=O)C3(CC3)C(=O)N2c2ccccc2)cc1. The van der Waals surface area contributed by atoms with Crippen molar-refractivity contribution in [3.8, 4) is 6.07 Å². The van der Waals surface area contributed by atoms with Crippen LogP contribution in [0.2, 0.25) is 0 Å². The molecule has 2 aromatic rings. The topological polar surface area (TPSA) is 61.2 Å². The van der Waals surface area contributed by atoms with Crippen LogP contribution in [0, 0.1) is 29.6 Å². The molecule has 2 unspecified atom stereocenters. The largest absolute Gasteiger partial charge is 0.303 e. The van der Waals surface area contributed by atoms with Crippen LogP contribution in [0.3, 0.4) is 0 Å². The molecule has 2 fully saturated rings. The predicted octanol–water partition coefficient (Wildman–Crippen LogP) is 4.35. The first kappa shape index (κ1) is 17.5. The molecule has 2 aromatic carbocycles. The fourth-order valence-corrected chi connectivity index (χ4v) is 4.25. The minimum atomic E-state index is -0.864. The summed E-state index contributed by atoms with van der Waals surface area (Å²) in [5, 5.41) is 9.12. The van der Waals surface area contributed by atoms with Crippen molar-refractivity contribution in [3.05, 3.63) is 65.7 Å². The van der Waals surface area contributed by atoms with Gasteiger partial charge in [-0.3, -0.25) is 9.59 Å². The Morgan fingerprint density at radius 3 is 2.33 bits per heavy atom. The third-order valence-electron chi connectivity index (χ3n) is 5.87. The van der Waals surface area contributed by atoms with Gasteiger partial charge in [0.2, 0.25) is 5.91 Å². The summed E-state index contributed by atoms with van der Waals surface area (Å²) in [5.74, 6) is -0.411. The molecular formula is C23H22N2O2. The van der Waals surface area contributed by atoms with Crippen LogP contribution in [0.25, 0.3) is 0 Å². The normalized spacial score (nSPS) is 23.3. The number of aryl methyl sites for hydroxylation is 1. The van der Waals surface area contributed by atoms with Gasteiger partial charge in [-0.1, -0.05) is 48.0 Å². The maximum atomic E-state index is 13.4. The number of benzene rings is 2. The Morgan fingerprint density at radius 2 is 1.74 bits per heavy atom. The van der Waals surface area contributed by atoms with E-state index in [0.29, 0.717) is 25.7 Å². The molecule has 27 heavy (non-hydrogen) atoms. The molecule has 1 aliphatic heterocycles. The summed E-state index contributed by atoms with van der Waals surface area (Å²) < 4.78 is 0. The molecule has 0 bridgehead atoms. The van der Waals surface area contributed by atoms with Gasteiger partial charge in [0, 0.05) is 18.0 Å². The molecule has 0 aromatic heterocycles. The Hall–Kier alpha value is -2.93. The number of para-hydroxylation sites is 1. The first-order valence-electron chi connectivity index (χ1n) is 9.45. The molecule has 2 aliphatic rings. The summed E-state index contributed by atoms with van der Waals surface area (Å²) in [6.45, 7) is 2.02. The van der Waals surface area contributed by atoms with Crippen LogP contribution in [0.4, 0.5) is 5.69 Å². The number of nitriles is 1. The second-order valence-electron chi connectivity index (χ2n) is 7.62. The zero-order chi connectivity index (χ0) is 19.0. The van der Waals surface area contributed by atoms with E-state index in [-0.39, 0.29) is 23.7 Å². The van der Waals surface area contributed by atoms with E-state index in [4.69, 9.17) is 5.26 Å². The highest BCUT2D eigenvalue weighted by Gasteiger charge is 2.64. The van der Waals surface area contributed by atoms with Crippen molar-refractivity contribution >= 4 is 17.4 Å². The van der Waals surface area contributed by atoms with E-state index >= 15 is 0 Å². The number of nitrogens with zero attached hydrogens (tertiary/aromatic N) is 2. The van der Waals surface area contributed by atoms with E-state index in [1.54, 1.807) is 0 Å². The van der Waals surface area contributed by atoms with Gasteiger partial charge < -0.3 is 4.90 Å². The number of carbonyl (C=O) groups excluding carboxylic acids is 2. The summed E-state index contributed by atoms with van der Waals surface area (Å²) in [4.78, 5) is 28.5. The highest BCUT2D eigenvalue weighted by molar-refractivity contribution is 6.18. The number of amides is 1. The van der Waals surface area contributed by atoms with Crippen molar-refractivity contribution in [2.75, 3.05) is 4.90 Å². The third-order valence-corrected chi connectivity index (χ3v) is 5.87. The summed E-state index contributed by atoms with van der Waals surface area (Å²) in [5.41, 5.74) is 2.03. The van der Waals surface area contributed by atoms with Gasteiger partial charge in [-0.05, 0) is 43.9 Å². The predicted molar refractivity (Wildman–Crippen MR) is 103 cm³/mol. The maximum Gasteiger partial charge on any atom is 0.241 e. The first-order chi connectivity index (χ1) is 13.1. The van der Waals surface area contributed by atoms with E-state index in [2.05, 4.69) is 6.07 Å². The van der Waals surface area contributed by atoms with Crippen LogP contribution in [0.15, 0.2) is 54.6 Å². The molecule has 0 radical (unpaired) electrons. The zero-order valence-corrected chi connectivity index (χ0v) is 15.4. The number of ketones is 1. The lowest BCUT2D eigenvalue weighted by molar-refractivity contribution is -0.141. The smallest absolute Gasteiger partial charge is 0.241 e. The Kier molecular flexibility index (Phi) is 4.31. The zero-order valence-electron chi connectivity index (χ0n) is 15.4. The van der Waals surface area contributed by atoms with Gasteiger partial charge in [0.05, 0.1) is 12.1 Å². The van der Waals surface area contributed by atoms with Gasteiger partial charge in [0.1, 0.15) is 5.41 Å². The molecule has 1 saturated heterocycles. The Balaban J connectivity index is 1.86. The van der Waals surface area contributed by atoms with Gasteiger partial charge >= 0.3 is 0 Å². The standard InChI is InChI=1S/C23H22N2O2/c1-16-9-11-17(12-10-16)20-19(8-5-15-24)21(26)23(13-14-23)22(27)25(20)18-6-3-2-4-7-18/h2-4,6-7,9-12,19-20H,5,8,13-14H2,1H3. The van der Waals surface area contributed by atoms with Gasteiger partial charge in [-0.15, -0.1) is 0 Å². The average Bonchev–Trinajstić information content (AvgIpc) is 3.49. The van der Waals surface area contributed by atoms with Gasteiger partial charge in [0.25, 0.3) is 0 Å². The molecule has 0 N–H and O–H groups in total. The van der Waals surface area contributed by atoms with Gasteiger partial charge in [-0.2, -0.15) is 5.26 Å². The van der Waals surface area contributed by atoms with Crippen molar-refractivity contribution in [2.24, 2.45) is 11.3 Å². The fourth-order valence-electron chi connectivity index (χ4n) is 4.25. The van der Waals surface area contributed by atoms with Crippen LogP contribution in [0.1, 0.15) is 42.9 Å². The van der Waals surface area contributed by atoms with Crippen molar-refractivity contribution in [1.29, 1.82) is 5.26 Å². The van der Waals surface area contributed by atoms with E-state index in [9.17, 15) is 9.59 Å². The highest BCUT2D eigenvalue weighted by Crippen LogP contribution is 2.57. The Morgan fingerprint density at radius 1 is 1.07 bits per heavy atom. The monoisotopic (exact) mass is 358 g/mol. The Bertz CT molecular complexity index is 908. The minimum absolute atomic E-state index is 0.0282. The van der Waals surface area contributed by atoms with Gasteiger partial charge in [0.15, 0.2) is 5.78 Å². The van der Waals surface area contributed by atoms with E-state index in [0.717, 1.165) is 16.8 Å². The summed E-state index contributed by atoms with van der Waals surface area (Å²) in [6.07, 6.45) is 2.03. The fraction of sp³-hybridized carbons (Fsp3) is 0.348. The number of piperidine rings is 1. The molecule has 4 nitrogen and oxygen atoms in total. The lowest BCUT2D eigenvalue weighted by Crippen LogP contribution is -2.54. The van der Waals surface area contributed by atoms with E-state index in [1.807, 2.05) is 66.4 Å². The summed E-state index contributed by atoms with van der Waals surface area (Å²) in [6, 6.07) is 19.4. The van der Waals surface area contributed by atoms with Crippen LogP contribution in [-0.2, 0) is 9.59 Å². The van der Waals surface area contributed by atoms with E-state index in [1.165, 1.54) is 0 Å². The molecule has 1 aliphatic carbocycles. The number of hydrogen-bond donors (Lipinski definition) is 0. The first-order valence-corrected chi connectivity index (χ1v) is 9.45. The number of Topliss-reactive ketones (excluding diaryl/α,β-unsaturated/α-hetero) is 1. The van der Waals surface area contributed by atoms with Crippen molar-refractivity contribution < 1.29 is 9.59 Å². The number of carbonyl (C=O) groups is 2. The van der Waals surface area contributed by atoms with Crippen LogP contribution in [0.5, 0.6) is 0 Å². The van der Waals surface area contributed by atoms with Crippen LogP contribution in [-0.4, -0.2) is 11.7 Å². The van der Waals surface area contributed by atoms with Crippen LogP contribution < -0.4 is 4.90 Å². The molecule has 4 rings (SSSR count). The minimum Gasteiger partial charge on any atom is -0.303 e. The quantitative estimate of drug-likeness (QED) is 0.763. The molecule has 2 atom stereocenters. The maximum absolute atomic E-state index is 13.4. The van der Waals surface area contributed by atoms with E-state index < -0.39 is 5.41 Å². The number of hydrogen-bond acceptors (Lipinski definition) is 3. The summed E-state index contributed by atoms with van der Waals surface area (Å²) >= 11 is 0. The molecule has 136 valence electrons. The van der Waals surface area contributed by atoms with Crippen molar-refractivity contribution in [1.82, 2.24) is 0 Å². The molecule has 1 heterocycles. The molecule has 1 saturated carbocycles. The third kappa shape index (κ3) is 2.84. The Labute approximate surface area is 159 Å². The molecule has 1 spiro atoms. The second kappa shape index (κ2) is 6.66. The van der Waals surface area contributed by atoms with Crippen molar-refractivity contribution in [2.45, 2.75) is 38.6 Å². The average molecular weight is 358 g/mol.